The molecule has 0 radical (unpaired) electrons. The molecular weight excluding hydrogens is 376 g/mol. The van der Waals surface area contributed by atoms with Crippen molar-refractivity contribution in [2.75, 3.05) is 4.90 Å². The summed E-state index contributed by atoms with van der Waals surface area (Å²) in [5.74, 6) is -0.171. The van der Waals surface area contributed by atoms with Crippen molar-refractivity contribution in [2.45, 2.75) is 39.1 Å². The molecule has 2 aromatic carbocycles. The lowest BCUT2D eigenvalue weighted by atomic mass is 10.0. The number of ether oxygens (including phenoxy) is 1. The summed E-state index contributed by atoms with van der Waals surface area (Å²) >= 11 is 5.97. The summed E-state index contributed by atoms with van der Waals surface area (Å²) < 4.78 is 5.60. The van der Waals surface area contributed by atoms with Crippen molar-refractivity contribution in [3.8, 4) is 0 Å². The Kier molecular flexibility index (Phi) is 5.47. The number of carbonyl (C=O) groups excluding carboxylic acids is 2. The fourth-order valence-electron chi connectivity index (χ4n) is 3.12. The van der Waals surface area contributed by atoms with Crippen LogP contribution in [0.1, 0.15) is 36.7 Å². The van der Waals surface area contributed by atoms with Gasteiger partial charge in [0.15, 0.2) is 0 Å². The Morgan fingerprint density at radius 1 is 1.18 bits per heavy atom. The minimum Gasteiger partial charge on any atom is -0.443 e. The van der Waals surface area contributed by atoms with Gasteiger partial charge < -0.3 is 9.64 Å². The Balaban J connectivity index is 2.04. The molecule has 1 unspecified atom stereocenters. The van der Waals surface area contributed by atoms with E-state index in [2.05, 4.69) is 6.58 Å². The van der Waals surface area contributed by atoms with E-state index in [1.807, 2.05) is 12.1 Å². The molecule has 0 fully saturated rings. The second-order valence-corrected chi connectivity index (χ2v) is 8.01. The zero-order valence-electron chi connectivity index (χ0n) is 16.2. The van der Waals surface area contributed by atoms with Crippen LogP contribution in [-0.4, -0.2) is 28.7 Å². The molecule has 0 saturated heterocycles. The zero-order chi connectivity index (χ0) is 20.5. The molecule has 1 heterocycles. The zero-order valence-corrected chi connectivity index (χ0v) is 16.9. The molecule has 0 spiro atoms. The summed E-state index contributed by atoms with van der Waals surface area (Å²) in [6.45, 7) is 9.59. The van der Waals surface area contributed by atoms with Crippen molar-refractivity contribution in [3.63, 3.8) is 0 Å². The molecule has 1 aliphatic rings. The number of para-hydroxylation sites is 1. The average Bonchev–Trinajstić information content (AvgIpc) is 2.63. The fraction of sp³-hybridized carbons (Fsp3) is 0.273. The van der Waals surface area contributed by atoms with Crippen molar-refractivity contribution >= 4 is 29.3 Å². The Hall–Kier alpha value is -2.79. The number of benzene rings is 2. The average molecular weight is 399 g/mol. The van der Waals surface area contributed by atoms with Gasteiger partial charge in [-0.1, -0.05) is 42.4 Å². The number of fused-ring (bicyclic) bond motifs is 1. The van der Waals surface area contributed by atoms with Gasteiger partial charge in [-0.05, 0) is 56.7 Å². The third-order valence-electron chi connectivity index (χ3n) is 4.31. The molecule has 1 aliphatic heterocycles. The Bertz CT molecular complexity index is 903. The van der Waals surface area contributed by atoms with Gasteiger partial charge in [-0.2, -0.15) is 0 Å². The van der Waals surface area contributed by atoms with Gasteiger partial charge in [-0.3, -0.25) is 9.69 Å². The number of rotatable bonds is 3. The van der Waals surface area contributed by atoms with Crippen LogP contribution in [0.5, 0.6) is 0 Å². The van der Waals surface area contributed by atoms with Crippen LogP contribution in [0.25, 0.3) is 0 Å². The van der Waals surface area contributed by atoms with Crippen molar-refractivity contribution in [3.05, 3.63) is 77.3 Å². The number of amides is 2. The molecule has 2 aromatic rings. The highest BCUT2D eigenvalue weighted by molar-refractivity contribution is 6.30. The van der Waals surface area contributed by atoms with Crippen LogP contribution in [0.15, 0.2) is 61.2 Å². The van der Waals surface area contributed by atoms with E-state index in [4.69, 9.17) is 16.3 Å². The van der Waals surface area contributed by atoms with Gasteiger partial charge in [0.25, 0.3) is 5.91 Å². The predicted molar refractivity (Wildman–Crippen MR) is 110 cm³/mol. The Morgan fingerprint density at radius 3 is 2.43 bits per heavy atom. The van der Waals surface area contributed by atoms with Crippen LogP contribution in [0, 0.1) is 0 Å². The van der Waals surface area contributed by atoms with Crippen LogP contribution in [0.2, 0.25) is 5.02 Å². The van der Waals surface area contributed by atoms with Gasteiger partial charge in [0.1, 0.15) is 11.8 Å². The largest absolute Gasteiger partial charge is 0.443 e. The predicted octanol–water partition coefficient (Wildman–Crippen LogP) is 5.25. The van der Waals surface area contributed by atoms with Crippen molar-refractivity contribution in [2.24, 2.45) is 0 Å². The van der Waals surface area contributed by atoms with Crippen LogP contribution < -0.4 is 4.90 Å². The molecule has 6 heteroatoms. The minimum absolute atomic E-state index is 0.171. The quantitative estimate of drug-likeness (QED) is 0.663. The summed E-state index contributed by atoms with van der Waals surface area (Å²) in [7, 11) is 0. The van der Waals surface area contributed by atoms with E-state index in [9.17, 15) is 9.59 Å². The highest BCUT2D eigenvalue weighted by Gasteiger charge is 2.40. The third kappa shape index (κ3) is 4.04. The standard InChI is InChI=1S/C22H23ClN2O3/c1-5-19-24(14-15-10-12-16(23)13-11-15)20(26)17-8-6-7-9-18(17)25(19)21(27)28-22(2,3)4/h5-13,19H,1,14H2,2-4H3. The fourth-order valence-corrected chi connectivity index (χ4v) is 3.25. The summed E-state index contributed by atoms with van der Waals surface area (Å²) in [6.07, 6.45) is 0.375. The van der Waals surface area contributed by atoms with E-state index in [0.29, 0.717) is 22.8 Å². The van der Waals surface area contributed by atoms with Gasteiger partial charge in [0.05, 0.1) is 11.3 Å². The maximum atomic E-state index is 13.2. The maximum Gasteiger partial charge on any atom is 0.416 e. The number of carbonyl (C=O) groups is 2. The number of hydrogen-bond acceptors (Lipinski definition) is 3. The first kappa shape index (κ1) is 20.0. The van der Waals surface area contributed by atoms with Crippen LogP contribution in [0.3, 0.4) is 0 Å². The number of hydrogen-bond donors (Lipinski definition) is 0. The molecule has 2 amide bonds. The number of halogens is 1. The van der Waals surface area contributed by atoms with Crippen molar-refractivity contribution < 1.29 is 14.3 Å². The van der Waals surface area contributed by atoms with Crippen molar-refractivity contribution in [1.82, 2.24) is 4.90 Å². The van der Waals surface area contributed by atoms with Crippen molar-refractivity contribution in [1.29, 1.82) is 0 Å². The monoisotopic (exact) mass is 398 g/mol. The molecule has 28 heavy (non-hydrogen) atoms. The molecule has 0 aliphatic carbocycles. The lowest BCUT2D eigenvalue weighted by Gasteiger charge is -2.43. The molecule has 0 bridgehead atoms. The van der Waals surface area contributed by atoms with Crippen LogP contribution in [0.4, 0.5) is 10.5 Å². The van der Waals surface area contributed by atoms with Gasteiger partial charge in [0, 0.05) is 11.6 Å². The molecule has 5 nitrogen and oxygen atoms in total. The van der Waals surface area contributed by atoms with Crippen LogP contribution in [-0.2, 0) is 11.3 Å². The molecule has 146 valence electrons. The molecule has 0 aromatic heterocycles. The van der Waals surface area contributed by atoms with E-state index in [-0.39, 0.29) is 5.91 Å². The lowest BCUT2D eigenvalue weighted by molar-refractivity contribution is 0.0484. The summed E-state index contributed by atoms with van der Waals surface area (Å²) in [4.78, 5) is 29.3. The van der Waals surface area contributed by atoms with Gasteiger partial charge in [0.2, 0.25) is 0 Å². The van der Waals surface area contributed by atoms with Crippen LogP contribution >= 0.6 is 11.6 Å². The molecule has 1 atom stereocenters. The first-order valence-corrected chi connectivity index (χ1v) is 9.38. The third-order valence-corrected chi connectivity index (χ3v) is 4.56. The SMILES string of the molecule is C=CC1N(Cc2ccc(Cl)cc2)C(=O)c2ccccc2N1C(=O)OC(C)(C)C. The smallest absolute Gasteiger partial charge is 0.416 e. The molecular formula is C22H23ClN2O3. The Labute approximate surface area is 170 Å². The van der Waals surface area contributed by atoms with E-state index >= 15 is 0 Å². The van der Waals surface area contributed by atoms with E-state index in [1.165, 1.54) is 4.90 Å². The normalized spacial score (nSPS) is 16.6. The molecule has 0 N–H and O–H groups in total. The first-order valence-electron chi connectivity index (χ1n) is 9.00. The highest BCUT2D eigenvalue weighted by atomic mass is 35.5. The molecule has 3 rings (SSSR count). The first-order chi connectivity index (χ1) is 13.2. The minimum atomic E-state index is -0.673. The van der Waals surface area contributed by atoms with Gasteiger partial charge in [-0.15, -0.1) is 0 Å². The van der Waals surface area contributed by atoms with E-state index < -0.39 is 17.9 Å². The topological polar surface area (TPSA) is 49.9 Å². The molecule has 0 saturated carbocycles. The Morgan fingerprint density at radius 2 is 1.82 bits per heavy atom. The van der Waals surface area contributed by atoms with Gasteiger partial charge in [-0.25, -0.2) is 4.79 Å². The highest BCUT2D eigenvalue weighted by Crippen LogP contribution is 2.33. The maximum absolute atomic E-state index is 13.2. The number of nitrogens with zero attached hydrogens (tertiary/aromatic N) is 2. The summed E-state index contributed by atoms with van der Waals surface area (Å²) in [5, 5.41) is 0.620. The second kappa shape index (κ2) is 7.68. The van der Waals surface area contributed by atoms with E-state index in [0.717, 1.165) is 5.56 Å². The second-order valence-electron chi connectivity index (χ2n) is 7.58. The summed E-state index contributed by atoms with van der Waals surface area (Å²) in [5.41, 5.74) is 1.19. The number of anilines is 1. The lowest BCUT2D eigenvalue weighted by Crippen LogP contribution is -2.56. The van der Waals surface area contributed by atoms with Gasteiger partial charge >= 0.3 is 6.09 Å². The summed E-state index contributed by atoms with van der Waals surface area (Å²) in [6, 6.07) is 14.3. The van der Waals surface area contributed by atoms with E-state index in [1.54, 1.807) is 68.1 Å².